The van der Waals surface area contributed by atoms with Gasteiger partial charge in [0, 0.05) is 5.56 Å². The maximum Gasteiger partial charge on any atom is 0.267 e. The fourth-order valence-electron chi connectivity index (χ4n) is 2.61. The molecule has 2 aromatic carbocycles. The van der Waals surface area contributed by atoms with Gasteiger partial charge in [-0.15, -0.1) is 15.3 Å². The van der Waals surface area contributed by atoms with Gasteiger partial charge in [-0.3, -0.25) is 10.1 Å². The molecule has 8 heteroatoms. The highest BCUT2D eigenvalue weighted by molar-refractivity contribution is 7.20. The van der Waals surface area contributed by atoms with E-state index in [1.54, 1.807) is 4.52 Å². The first-order valence-electron chi connectivity index (χ1n) is 8.55. The molecule has 1 N–H and O–H groups in total. The molecular weight excluding hydrogens is 362 g/mol. The number of fused-ring (bicyclic) bond motifs is 1. The Morgan fingerprint density at radius 2 is 1.81 bits per heavy atom. The van der Waals surface area contributed by atoms with Crippen molar-refractivity contribution in [2.75, 3.05) is 5.32 Å². The van der Waals surface area contributed by atoms with Gasteiger partial charge in [-0.05, 0) is 18.6 Å². The lowest BCUT2D eigenvalue weighted by Crippen LogP contribution is -2.32. The molecule has 136 valence electrons. The van der Waals surface area contributed by atoms with Gasteiger partial charge in [-0.2, -0.15) is 4.52 Å². The summed E-state index contributed by atoms with van der Waals surface area (Å²) in [6.45, 7) is 1.90. The predicted molar refractivity (Wildman–Crippen MR) is 104 cm³/mol. The molecule has 7 nitrogen and oxygen atoms in total. The number of benzene rings is 2. The number of hydrogen-bond acceptors (Lipinski definition) is 6. The SMILES string of the molecule is CC[C@H](Oc1ccccc1)C(=O)Nc1nn2c(-c3ccccc3)nnc2s1. The standard InChI is InChI=1S/C19H17N5O2S/c1-2-15(26-14-11-7-4-8-12-14)17(25)20-18-23-24-16(21-22-19(24)27-18)13-9-5-3-6-10-13/h3-12,15H,2H2,1H3,(H,20,23,25)/t15-/m0/s1. The van der Waals surface area contributed by atoms with Crippen LogP contribution in [0.4, 0.5) is 5.13 Å². The predicted octanol–water partition coefficient (Wildman–Crippen LogP) is 3.65. The Bertz CT molecular complexity index is 1050. The van der Waals surface area contributed by atoms with Gasteiger partial charge < -0.3 is 4.74 Å². The second-order valence-electron chi connectivity index (χ2n) is 5.81. The average Bonchev–Trinajstić information content (AvgIpc) is 3.27. The van der Waals surface area contributed by atoms with Crippen LogP contribution in [0.2, 0.25) is 0 Å². The van der Waals surface area contributed by atoms with Gasteiger partial charge >= 0.3 is 0 Å². The summed E-state index contributed by atoms with van der Waals surface area (Å²) in [6, 6.07) is 19.0. The van der Waals surface area contributed by atoms with E-state index in [4.69, 9.17) is 4.74 Å². The summed E-state index contributed by atoms with van der Waals surface area (Å²) in [6.07, 6.45) is -0.0598. The number of hydrogen-bond donors (Lipinski definition) is 1. The minimum Gasteiger partial charge on any atom is -0.481 e. The fourth-order valence-corrected chi connectivity index (χ4v) is 3.35. The number of para-hydroxylation sites is 1. The van der Waals surface area contributed by atoms with E-state index < -0.39 is 6.10 Å². The van der Waals surface area contributed by atoms with E-state index in [9.17, 15) is 4.79 Å². The lowest BCUT2D eigenvalue weighted by molar-refractivity contribution is -0.122. The van der Waals surface area contributed by atoms with Crippen molar-refractivity contribution in [1.29, 1.82) is 0 Å². The quantitative estimate of drug-likeness (QED) is 0.553. The summed E-state index contributed by atoms with van der Waals surface area (Å²) in [4.78, 5) is 13.2. The highest BCUT2D eigenvalue weighted by Gasteiger charge is 2.21. The summed E-state index contributed by atoms with van der Waals surface area (Å²) >= 11 is 1.27. The molecule has 2 aromatic heterocycles. The average molecular weight is 379 g/mol. The third-order valence-corrected chi connectivity index (χ3v) is 4.75. The third kappa shape index (κ3) is 3.65. The van der Waals surface area contributed by atoms with E-state index >= 15 is 0 Å². The number of rotatable bonds is 6. The van der Waals surface area contributed by atoms with Crippen LogP contribution < -0.4 is 10.1 Å². The molecule has 0 aliphatic rings. The largest absolute Gasteiger partial charge is 0.481 e. The Labute approximate surface area is 159 Å². The number of anilines is 1. The second kappa shape index (κ2) is 7.55. The molecule has 4 rings (SSSR count). The van der Waals surface area contributed by atoms with Crippen molar-refractivity contribution >= 4 is 27.3 Å². The molecular formula is C19H17N5O2S. The molecule has 0 saturated carbocycles. The number of carbonyl (C=O) groups is 1. The normalized spacial score (nSPS) is 12.0. The summed E-state index contributed by atoms with van der Waals surface area (Å²) in [5, 5.41) is 16.0. The van der Waals surface area contributed by atoms with Crippen LogP contribution in [-0.4, -0.2) is 31.8 Å². The van der Waals surface area contributed by atoms with Crippen molar-refractivity contribution in [2.24, 2.45) is 0 Å². The van der Waals surface area contributed by atoms with Gasteiger partial charge in [0.1, 0.15) is 5.75 Å². The maximum atomic E-state index is 12.6. The first-order chi connectivity index (χ1) is 13.2. The van der Waals surface area contributed by atoms with E-state index in [2.05, 4.69) is 20.6 Å². The summed E-state index contributed by atoms with van der Waals surface area (Å²) in [5.74, 6) is 1.05. The zero-order valence-electron chi connectivity index (χ0n) is 14.6. The highest BCUT2D eigenvalue weighted by Crippen LogP contribution is 2.24. The number of amides is 1. The Hall–Kier alpha value is -3.26. The molecule has 0 saturated heterocycles. The molecule has 0 aliphatic carbocycles. The molecule has 1 amide bonds. The van der Waals surface area contributed by atoms with E-state index in [0.29, 0.717) is 28.1 Å². The lowest BCUT2D eigenvalue weighted by atomic mass is 10.2. The van der Waals surface area contributed by atoms with Gasteiger partial charge in [0.2, 0.25) is 10.1 Å². The van der Waals surface area contributed by atoms with Crippen molar-refractivity contribution in [3.63, 3.8) is 0 Å². The van der Waals surface area contributed by atoms with Crippen molar-refractivity contribution in [3.05, 3.63) is 60.7 Å². The Balaban J connectivity index is 1.52. The molecule has 0 unspecified atom stereocenters. The molecule has 0 radical (unpaired) electrons. The van der Waals surface area contributed by atoms with Crippen molar-refractivity contribution in [3.8, 4) is 17.1 Å². The summed E-state index contributed by atoms with van der Waals surface area (Å²) in [7, 11) is 0. The summed E-state index contributed by atoms with van der Waals surface area (Å²) in [5.41, 5.74) is 0.909. The molecule has 27 heavy (non-hydrogen) atoms. The Morgan fingerprint density at radius 3 is 2.52 bits per heavy atom. The van der Waals surface area contributed by atoms with Gasteiger partial charge in [-0.1, -0.05) is 66.8 Å². The highest BCUT2D eigenvalue weighted by atomic mass is 32.1. The molecule has 0 bridgehead atoms. The molecule has 0 aliphatic heterocycles. The van der Waals surface area contributed by atoms with Crippen LogP contribution in [0.3, 0.4) is 0 Å². The smallest absolute Gasteiger partial charge is 0.267 e. The number of ether oxygens (including phenoxy) is 1. The monoisotopic (exact) mass is 379 g/mol. The molecule has 0 fully saturated rings. The van der Waals surface area contributed by atoms with Crippen molar-refractivity contribution in [2.45, 2.75) is 19.4 Å². The molecule has 1 atom stereocenters. The minimum atomic E-state index is -0.602. The van der Waals surface area contributed by atoms with Crippen LogP contribution in [0.15, 0.2) is 60.7 Å². The molecule has 4 aromatic rings. The fraction of sp³-hybridized carbons (Fsp3) is 0.158. The Morgan fingerprint density at radius 1 is 1.11 bits per heavy atom. The van der Waals surface area contributed by atoms with Crippen LogP contribution in [0.1, 0.15) is 13.3 Å². The van der Waals surface area contributed by atoms with Crippen LogP contribution in [0, 0.1) is 0 Å². The van der Waals surface area contributed by atoms with Crippen LogP contribution in [-0.2, 0) is 4.79 Å². The van der Waals surface area contributed by atoms with Crippen molar-refractivity contribution in [1.82, 2.24) is 19.8 Å². The number of nitrogens with zero attached hydrogens (tertiary/aromatic N) is 4. The van der Waals surface area contributed by atoms with Gasteiger partial charge in [0.25, 0.3) is 5.91 Å². The number of nitrogens with one attached hydrogen (secondary N) is 1. The van der Waals surface area contributed by atoms with Gasteiger partial charge in [0.15, 0.2) is 11.9 Å². The first kappa shape index (κ1) is 17.2. The van der Waals surface area contributed by atoms with E-state index in [1.807, 2.05) is 67.6 Å². The maximum absolute atomic E-state index is 12.6. The van der Waals surface area contributed by atoms with E-state index in [-0.39, 0.29) is 5.91 Å². The van der Waals surface area contributed by atoms with Gasteiger partial charge in [0.05, 0.1) is 0 Å². The first-order valence-corrected chi connectivity index (χ1v) is 9.36. The second-order valence-corrected chi connectivity index (χ2v) is 6.76. The molecule has 2 heterocycles. The zero-order valence-corrected chi connectivity index (χ0v) is 15.4. The van der Waals surface area contributed by atoms with Crippen LogP contribution >= 0.6 is 11.3 Å². The van der Waals surface area contributed by atoms with E-state index in [1.165, 1.54) is 11.3 Å². The van der Waals surface area contributed by atoms with E-state index in [0.717, 1.165) is 5.56 Å². The zero-order chi connectivity index (χ0) is 18.6. The van der Waals surface area contributed by atoms with Crippen LogP contribution in [0.5, 0.6) is 5.75 Å². The number of aromatic nitrogens is 4. The van der Waals surface area contributed by atoms with Crippen molar-refractivity contribution < 1.29 is 9.53 Å². The molecule has 0 spiro atoms. The number of carbonyl (C=O) groups excluding carboxylic acids is 1. The summed E-state index contributed by atoms with van der Waals surface area (Å²) < 4.78 is 7.41. The lowest BCUT2D eigenvalue weighted by Gasteiger charge is -2.16. The Kier molecular flexibility index (Phi) is 4.80. The topological polar surface area (TPSA) is 81.4 Å². The van der Waals surface area contributed by atoms with Crippen LogP contribution in [0.25, 0.3) is 16.3 Å². The third-order valence-electron chi connectivity index (χ3n) is 3.94. The minimum absolute atomic E-state index is 0.243. The van der Waals surface area contributed by atoms with Gasteiger partial charge in [-0.25, -0.2) is 0 Å².